The highest BCUT2D eigenvalue weighted by atomic mass is 35.5. The Morgan fingerprint density at radius 2 is 2.28 bits per heavy atom. The zero-order chi connectivity index (χ0) is 13.1. The summed E-state index contributed by atoms with van der Waals surface area (Å²) >= 11 is 6.19. The first-order chi connectivity index (χ1) is 8.63. The number of benzene rings is 1. The van der Waals surface area contributed by atoms with Crippen molar-refractivity contribution in [1.29, 1.82) is 0 Å². The summed E-state index contributed by atoms with van der Waals surface area (Å²) in [5, 5.41) is 13.8. The van der Waals surface area contributed by atoms with Crippen LogP contribution in [0.25, 0.3) is 0 Å². The average Bonchev–Trinajstić information content (AvgIpc) is 2.55. The second-order valence-corrected chi connectivity index (χ2v) is 5.42. The van der Waals surface area contributed by atoms with Crippen molar-refractivity contribution in [3.8, 4) is 0 Å². The first-order valence-corrected chi connectivity index (χ1v) is 6.87. The van der Waals surface area contributed by atoms with Crippen molar-refractivity contribution >= 4 is 17.3 Å². The van der Waals surface area contributed by atoms with Crippen LogP contribution in [0.3, 0.4) is 0 Å². The first kappa shape index (κ1) is 13.7. The zero-order valence-electron chi connectivity index (χ0n) is 11.0. The summed E-state index contributed by atoms with van der Waals surface area (Å²) in [7, 11) is 0. The van der Waals surface area contributed by atoms with Crippen molar-refractivity contribution in [3.05, 3.63) is 28.8 Å². The number of aliphatic hydroxyl groups is 1. The number of rotatable bonds is 2. The molecule has 0 aliphatic carbocycles. The smallest absolute Gasteiger partial charge is 0.0647 e. The number of hydrogen-bond acceptors (Lipinski definition) is 3. The third-order valence-electron chi connectivity index (χ3n) is 3.71. The Morgan fingerprint density at radius 1 is 1.50 bits per heavy atom. The lowest BCUT2D eigenvalue weighted by molar-refractivity contribution is 0.259. The molecule has 0 aromatic heterocycles. The van der Waals surface area contributed by atoms with Gasteiger partial charge in [0.25, 0.3) is 0 Å². The van der Waals surface area contributed by atoms with Crippen LogP contribution in [0.5, 0.6) is 0 Å². The van der Waals surface area contributed by atoms with Gasteiger partial charge in [-0.1, -0.05) is 17.7 Å². The highest BCUT2D eigenvalue weighted by molar-refractivity contribution is 6.31. The van der Waals surface area contributed by atoms with E-state index in [0.717, 1.165) is 35.8 Å². The number of aliphatic hydroxyl groups excluding tert-OH is 1. The van der Waals surface area contributed by atoms with E-state index in [2.05, 4.69) is 23.2 Å². The van der Waals surface area contributed by atoms with Crippen LogP contribution in [0.4, 0.5) is 5.69 Å². The Morgan fingerprint density at radius 3 is 3.00 bits per heavy atom. The molecule has 0 amide bonds. The van der Waals surface area contributed by atoms with E-state index in [4.69, 9.17) is 11.6 Å². The molecule has 1 aliphatic rings. The largest absolute Gasteiger partial charge is 0.394 e. The van der Waals surface area contributed by atoms with E-state index in [9.17, 15) is 5.11 Å². The number of anilines is 1. The molecule has 1 fully saturated rings. The molecule has 18 heavy (non-hydrogen) atoms. The predicted octanol–water partition coefficient (Wildman–Crippen LogP) is 2.20. The third kappa shape index (κ3) is 2.79. The van der Waals surface area contributed by atoms with Gasteiger partial charge in [0, 0.05) is 29.8 Å². The lowest BCUT2D eigenvalue weighted by Crippen LogP contribution is -2.43. The van der Waals surface area contributed by atoms with Gasteiger partial charge in [0.15, 0.2) is 0 Å². The molecule has 2 unspecified atom stereocenters. The molecule has 1 saturated heterocycles. The lowest BCUT2D eigenvalue weighted by atomic mass is 10.1. The quantitative estimate of drug-likeness (QED) is 0.863. The van der Waals surface area contributed by atoms with E-state index in [-0.39, 0.29) is 12.6 Å². The van der Waals surface area contributed by atoms with Crippen molar-refractivity contribution in [1.82, 2.24) is 5.32 Å². The van der Waals surface area contributed by atoms with Crippen molar-refractivity contribution in [3.63, 3.8) is 0 Å². The molecule has 4 heteroatoms. The van der Waals surface area contributed by atoms with Crippen LogP contribution in [-0.2, 0) is 0 Å². The van der Waals surface area contributed by atoms with Gasteiger partial charge in [-0.05, 0) is 38.0 Å². The van der Waals surface area contributed by atoms with Crippen LogP contribution >= 0.6 is 11.6 Å². The number of halogens is 1. The van der Waals surface area contributed by atoms with Gasteiger partial charge >= 0.3 is 0 Å². The molecule has 1 aromatic carbocycles. The normalized spacial score (nSPS) is 25.0. The average molecular weight is 269 g/mol. The van der Waals surface area contributed by atoms with Gasteiger partial charge in [-0.25, -0.2) is 0 Å². The van der Waals surface area contributed by atoms with Crippen LogP contribution in [0.2, 0.25) is 5.02 Å². The van der Waals surface area contributed by atoms with Crippen LogP contribution in [0.1, 0.15) is 18.9 Å². The van der Waals surface area contributed by atoms with E-state index < -0.39 is 0 Å². The molecule has 3 nitrogen and oxygen atoms in total. The summed E-state index contributed by atoms with van der Waals surface area (Å²) < 4.78 is 0. The van der Waals surface area contributed by atoms with Crippen molar-refractivity contribution in [2.75, 3.05) is 24.6 Å². The van der Waals surface area contributed by atoms with E-state index in [1.54, 1.807) is 0 Å². The van der Waals surface area contributed by atoms with Gasteiger partial charge < -0.3 is 15.3 Å². The highest BCUT2D eigenvalue weighted by Crippen LogP contribution is 2.28. The van der Waals surface area contributed by atoms with Gasteiger partial charge in [0.2, 0.25) is 0 Å². The summed E-state index contributed by atoms with van der Waals surface area (Å²) in [6, 6.07) is 6.57. The van der Waals surface area contributed by atoms with E-state index in [1.165, 1.54) is 0 Å². The minimum atomic E-state index is 0.118. The van der Waals surface area contributed by atoms with E-state index >= 15 is 0 Å². The van der Waals surface area contributed by atoms with Gasteiger partial charge in [0.05, 0.1) is 12.6 Å². The molecule has 0 radical (unpaired) electrons. The highest BCUT2D eigenvalue weighted by Gasteiger charge is 2.24. The fourth-order valence-electron chi connectivity index (χ4n) is 2.45. The Balaban J connectivity index is 2.30. The minimum Gasteiger partial charge on any atom is -0.394 e. The molecule has 0 spiro atoms. The van der Waals surface area contributed by atoms with Gasteiger partial charge in [-0.3, -0.25) is 0 Å². The van der Waals surface area contributed by atoms with Gasteiger partial charge in [0.1, 0.15) is 0 Å². The Bertz CT molecular complexity index is 411. The summed E-state index contributed by atoms with van der Waals surface area (Å²) in [5.74, 6) is 0. The summed E-state index contributed by atoms with van der Waals surface area (Å²) in [4.78, 5) is 2.28. The zero-order valence-corrected chi connectivity index (χ0v) is 11.7. The van der Waals surface area contributed by atoms with Crippen molar-refractivity contribution < 1.29 is 5.11 Å². The molecule has 1 aliphatic heterocycles. The Hall–Kier alpha value is -0.770. The van der Waals surface area contributed by atoms with Gasteiger partial charge in [-0.2, -0.15) is 0 Å². The maximum absolute atomic E-state index is 9.58. The molecule has 2 N–H and O–H groups in total. The van der Waals surface area contributed by atoms with E-state index in [1.807, 2.05) is 19.1 Å². The number of nitrogens with one attached hydrogen (secondary N) is 1. The Labute approximate surface area is 114 Å². The van der Waals surface area contributed by atoms with Crippen molar-refractivity contribution in [2.45, 2.75) is 32.4 Å². The maximum atomic E-state index is 9.58. The number of hydrogen-bond donors (Lipinski definition) is 2. The second-order valence-electron chi connectivity index (χ2n) is 5.01. The van der Waals surface area contributed by atoms with Gasteiger partial charge in [-0.15, -0.1) is 0 Å². The standard InChI is InChI=1S/C14H21ClN2O/c1-10-6-7-17(12(9-18)8-16-10)14-5-3-4-13(15)11(14)2/h3-5,10,12,16,18H,6-9H2,1-2H3. The molecule has 100 valence electrons. The minimum absolute atomic E-state index is 0.118. The molecule has 0 bridgehead atoms. The topological polar surface area (TPSA) is 35.5 Å². The number of nitrogens with zero attached hydrogens (tertiary/aromatic N) is 1. The molecule has 2 rings (SSSR count). The Kier molecular flexibility index (Phi) is 4.49. The van der Waals surface area contributed by atoms with Crippen LogP contribution in [-0.4, -0.2) is 36.9 Å². The van der Waals surface area contributed by atoms with Crippen LogP contribution in [0.15, 0.2) is 18.2 Å². The maximum Gasteiger partial charge on any atom is 0.0647 e. The summed E-state index contributed by atoms with van der Waals surface area (Å²) in [6.07, 6.45) is 1.07. The first-order valence-electron chi connectivity index (χ1n) is 6.49. The van der Waals surface area contributed by atoms with Crippen molar-refractivity contribution in [2.24, 2.45) is 0 Å². The fraction of sp³-hybridized carbons (Fsp3) is 0.571. The lowest BCUT2D eigenvalue weighted by Gasteiger charge is -2.32. The molecule has 2 atom stereocenters. The monoisotopic (exact) mass is 268 g/mol. The predicted molar refractivity (Wildman–Crippen MR) is 76.5 cm³/mol. The third-order valence-corrected chi connectivity index (χ3v) is 4.11. The SMILES string of the molecule is Cc1c(Cl)cccc1N1CCC(C)NCC1CO. The van der Waals surface area contributed by atoms with E-state index in [0.29, 0.717) is 6.04 Å². The van der Waals surface area contributed by atoms with Crippen LogP contribution in [0, 0.1) is 6.92 Å². The summed E-state index contributed by atoms with van der Waals surface area (Å²) in [6.45, 7) is 6.13. The molecular weight excluding hydrogens is 248 g/mol. The summed E-state index contributed by atoms with van der Waals surface area (Å²) in [5.41, 5.74) is 2.23. The molecule has 0 saturated carbocycles. The second kappa shape index (κ2) is 5.91. The molecular formula is C14H21ClN2O. The molecule has 1 aromatic rings. The van der Waals surface area contributed by atoms with Crippen LogP contribution < -0.4 is 10.2 Å². The molecule has 1 heterocycles. The fourth-order valence-corrected chi connectivity index (χ4v) is 2.62.